The Morgan fingerprint density at radius 3 is 2.58 bits per heavy atom. The van der Waals surface area contributed by atoms with Crippen molar-refractivity contribution in [3.8, 4) is 0 Å². The van der Waals surface area contributed by atoms with Gasteiger partial charge in [0.1, 0.15) is 0 Å². The Hall–Kier alpha value is -1.77. The van der Waals surface area contributed by atoms with Gasteiger partial charge in [0.2, 0.25) is 0 Å². The number of carbonyl (C=O) groups is 1. The second-order valence-corrected chi connectivity index (χ2v) is 5.02. The van der Waals surface area contributed by atoms with E-state index >= 15 is 0 Å². The molecule has 0 aliphatic rings. The highest BCUT2D eigenvalue weighted by Gasteiger charge is 2.14. The van der Waals surface area contributed by atoms with Crippen LogP contribution in [-0.4, -0.2) is 10.5 Å². The molecule has 3 rings (SSSR count). The minimum Gasteiger partial charge on any atom is -0.283 e. The van der Waals surface area contributed by atoms with Crippen molar-refractivity contribution in [3.05, 3.63) is 70.3 Å². The Labute approximate surface area is 120 Å². The molecule has 0 unspecified atom stereocenters. The number of rotatable bonds is 1. The molecule has 0 aliphatic heterocycles. The summed E-state index contributed by atoms with van der Waals surface area (Å²) >= 11 is 12.0. The Kier molecular flexibility index (Phi) is 3.05. The molecular formula is C15H9Cl2NO. The van der Waals surface area contributed by atoms with Gasteiger partial charge in [-0.15, -0.1) is 0 Å². The van der Waals surface area contributed by atoms with Crippen molar-refractivity contribution in [2.24, 2.45) is 0 Å². The molecule has 2 nitrogen and oxygen atoms in total. The van der Waals surface area contributed by atoms with Crippen LogP contribution in [0.25, 0.3) is 10.9 Å². The zero-order valence-corrected chi connectivity index (χ0v) is 11.3. The third kappa shape index (κ3) is 2.14. The second-order valence-electron chi connectivity index (χ2n) is 4.17. The monoisotopic (exact) mass is 289 g/mol. The lowest BCUT2D eigenvalue weighted by molar-refractivity contribution is 0.0965. The first kappa shape index (κ1) is 12.3. The predicted octanol–water partition coefficient (Wildman–Crippen LogP) is 4.64. The first-order valence-corrected chi connectivity index (χ1v) is 6.48. The third-order valence-corrected chi connectivity index (χ3v) is 3.54. The molecule has 0 radical (unpaired) electrons. The Bertz CT molecular complexity index is 777. The molecule has 0 saturated heterocycles. The summed E-state index contributed by atoms with van der Waals surface area (Å²) in [5.41, 5.74) is 1.30. The second kappa shape index (κ2) is 4.72. The average Bonchev–Trinajstić information content (AvgIpc) is 2.81. The number of benzene rings is 2. The van der Waals surface area contributed by atoms with Gasteiger partial charge in [0.25, 0.3) is 5.91 Å². The van der Waals surface area contributed by atoms with Crippen LogP contribution in [0, 0.1) is 0 Å². The summed E-state index contributed by atoms with van der Waals surface area (Å²) in [6.07, 6.45) is 1.73. The lowest BCUT2D eigenvalue weighted by atomic mass is 10.2. The van der Waals surface area contributed by atoms with Crippen LogP contribution < -0.4 is 0 Å². The fourth-order valence-corrected chi connectivity index (χ4v) is 2.45. The van der Waals surface area contributed by atoms with Crippen molar-refractivity contribution in [1.29, 1.82) is 0 Å². The van der Waals surface area contributed by atoms with Gasteiger partial charge in [-0.1, -0.05) is 35.3 Å². The summed E-state index contributed by atoms with van der Waals surface area (Å²) in [7, 11) is 0. The molecule has 3 aromatic rings. The summed E-state index contributed by atoms with van der Waals surface area (Å²) in [5, 5.41) is 2.02. The molecule has 0 aliphatic carbocycles. The SMILES string of the molecule is O=C(c1ccccc1Cl)n1ccc2cc(Cl)ccc21. The van der Waals surface area contributed by atoms with E-state index in [-0.39, 0.29) is 5.91 Å². The topological polar surface area (TPSA) is 22.0 Å². The van der Waals surface area contributed by atoms with Crippen molar-refractivity contribution in [2.45, 2.75) is 0 Å². The van der Waals surface area contributed by atoms with Gasteiger partial charge in [-0.3, -0.25) is 9.36 Å². The van der Waals surface area contributed by atoms with Crippen LogP contribution in [-0.2, 0) is 0 Å². The maximum atomic E-state index is 12.5. The average molecular weight is 290 g/mol. The van der Waals surface area contributed by atoms with E-state index in [2.05, 4.69) is 0 Å². The Balaban J connectivity index is 2.15. The molecule has 2 aromatic carbocycles. The zero-order valence-electron chi connectivity index (χ0n) is 9.81. The molecule has 0 fully saturated rings. The summed E-state index contributed by atoms with van der Waals surface area (Å²) in [4.78, 5) is 12.5. The standard InChI is InChI=1S/C15H9Cl2NO/c16-11-5-6-14-10(9-11)7-8-18(14)15(19)12-3-1-2-4-13(12)17/h1-9H. The van der Waals surface area contributed by atoms with Crippen molar-refractivity contribution in [3.63, 3.8) is 0 Å². The van der Waals surface area contributed by atoms with E-state index in [1.54, 1.807) is 41.1 Å². The molecule has 0 bridgehead atoms. The summed E-state index contributed by atoms with van der Waals surface area (Å²) in [6.45, 7) is 0. The van der Waals surface area contributed by atoms with E-state index < -0.39 is 0 Å². The minimum atomic E-state index is -0.150. The maximum Gasteiger partial charge on any atom is 0.263 e. The highest BCUT2D eigenvalue weighted by Crippen LogP contribution is 2.23. The van der Waals surface area contributed by atoms with Crippen LogP contribution >= 0.6 is 23.2 Å². The van der Waals surface area contributed by atoms with Crippen LogP contribution in [0.3, 0.4) is 0 Å². The summed E-state index contributed by atoms with van der Waals surface area (Å²) in [6, 6.07) is 14.3. The quantitative estimate of drug-likeness (QED) is 0.640. The lowest BCUT2D eigenvalue weighted by Gasteiger charge is -2.06. The Morgan fingerprint density at radius 2 is 1.79 bits per heavy atom. The van der Waals surface area contributed by atoms with E-state index in [0.717, 1.165) is 10.9 Å². The fourth-order valence-electron chi connectivity index (χ4n) is 2.05. The molecule has 1 heterocycles. The number of halogens is 2. The number of fused-ring (bicyclic) bond motifs is 1. The molecule has 94 valence electrons. The molecule has 0 amide bonds. The van der Waals surface area contributed by atoms with E-state index in [9.17, 15) is 4.79 Å². The molecule has 0 N–H and O–H groups in total. The van der Waals surface area contributed by atoms with E-state index in [1.807, 2.05) is 18.2 Å². The van der Waals surface area contributed by atoms with Crippen LogP contribution in [0.15, 0.2) is 54.7 Å². The molecule has 19 heavy (non-hydrogen) atoms. The smallest absolute Gasteiger partial charge is 0.263 e. The largest absolute Gasteiger partial charge is 0.283 e. The molecule has 1 aromatic heterocycles. The van der Waals surface area contributed by atoms with Gasteiger partial charge in [0.05, 0.1) is 16.1 Å². The molecule has 0 spiro atoms. The highest BCUT2D eigenvalue weighted by molar-refractivity contribution is 6.34. The summed E-state index contributed by atoms with van der Waals surface area (Å²) in [5.74, 6) is -0.150. The highest BCUT2D eigenvalue weighted by atomic mass is 35.5. The molecule has 4 heteroatoms. The number of hydrogen-bond donors (Lipinski definition) is 0. The van der Waals surface area contributed by atoms with Crippen LogP contribution in [0.5, 0.6) is 0 Å². The predicted molar refractivity (Wildman–Crippen MR) is 78.1 cm³/mol. The van der Waals surface area contributed by atoms with E-state index in [1.165, 1.54) is 0 Å². The number of aromatic nitrogens is 1. The minimum absolute atomic E-state index is 0.150. The summed E-state index contributed by atoms with van der Waals surface area (Å²) < 4.78 is 1.58. The molecular weight excluding hydrogens is 281 g/mol. The van der Waals surface area contributed by atoms with Crippen LogP contribution in [0.4, 0.5) is 0 Å². The van der Waals surface area contributed by atoms with Gasteiger partial charge in [-0.2, -0.15) is 0 Å². The van der Waals surface area contributed by atoms with Gasteiger partial charge in [0, 0.05) is 16.6 Å². The number of nitrogens with zero attached hydrogens (tertiary/aromatic N) is 1. The van der Waals surface area contributed by atoms with Crippen LogP contribution in [0.1, 0.15) is 10.4 Å². The van der Waals surface area contributed by atoms with Crippen molar-refractivity contribution >= 4 is 40.0 Å². The lowest BCUT2D eigenvalue weighted by Crippen LogP contribution is -2.10. The van der Waals surface area contributed by atoms with Gasteiger partial charge in [-0.05, 0) is 36.4 Å². The van der Waals surface area contributed by atoms with Gasteiger partial charge >= 0.3 is 0 Å². The van der Waals surface area contributed by atoms with Crippen molar-refractivity contribution in [2.75, 3.05) is 0 Å². The molecule has 0 atom stereocenters. The fraction of sp³-hybridized carbons (Fsp3) is 0. The van der Waals surface area contributed by atoms with Gasteiger partial charge < -0.3 is 0 Å². The zero-order chi connectivity index (χ0) is 13.4. The molecule has 0 saturated carbocycles. The first-order chi connectivity index (χ1) is 9.16. The maximum absolute atomic E-state index is 12.5. The number of carbonyl (C=O) groups excluding carboxylic acids is 1. The van der Waals surface area contributed by atoms with E-state index in [4.69, 9.17) is 23.2 Å². The van der Waals surface area contributed by atoms with Gasteiger partial charge in [0.15, 0.2) is 0 Å². The van der Waals surface area contributed by atoms with Gasteiger partial charge in [-0.25, -0.2) is 0 Å². The normalized spacial score (nSPS) is 10.8. The first-order valence-electron chi connectivity index (χ1n) is 5.72. The van der Waals surface area contributed by atoms with E-state index in [0.29, 0.717) is 15.6 Å². The van der Waals surface area contributed by atoms with Crippen molar-refractivity contribution in [1.82, 2.24) is 4.57 Å². The number of hydrogen-bond acceptors (Lipinski definition) is 1. The Morgan fingerprint density at radius 1 is 1.00 bits per heavy atom. The third-order valence-electron chi connectivity index (χ3n) is 2.98. The van der Waals surface area contributed by atoms with Crippen LogP contribution in [0.2, 0.25) is 10.0 Å². The van der Waals surface area contributed by atoms with Crippen molar-refractivity contribution < 1.29 is 4.79 Å².